The van der Waals surface area contributed by atoms with Crippen LogP contribution >= 0.6 is 11.6 Å². The van der Waals surface area contributed by atoms with Gasteiger partial charge in [0.25, 0.3) is 0 Å². The van der Waals surface area contributed by atoms with Crippen molar-refractivity contribution in [2.45, 2.75) is 19.8 Å². The predicted octanol–water partition coefficient (Wildman–Crippen LogP) is 2.90. The number of hydrogen-bond donors (Lipinski definition) is 1. The van der Waals surface area contributed by atoms with E-state index in [0.717, 1.165) is 31.5 Å². The molecule has 0 bridgehead atoms. The van der Waals surface area contributed by atoms with Gasteiger partial charge in [-0.15, -0.1) is 0 Å². The van der Waals surface area contributed by atoms with E-state index in [4.69, 9.17) is 21.1 Å². The van der Waals surface area contributed by atoms with E-state index >= 15 is 0 Å². The summed E-state index contributed by atoms with van der Waals surface area (Å²) in [7, 11) is 3.21. The first kappa shape index (κ1) is 14.1. The minimum Gasteiger partial charge on any atom is -0.493 e. The lowest BCUT2D eigenvalue weighted by Gasteiger charge is -2.12. The summed E-state index contributed by atoms with van der Waals surface area (Å²) >= 11 is 6.27. The van der Waals surface area contributed by atoms with Crippen LogP contribution in [0.25, 0.3) is 0 Å². The second-order valence-electron chi connectivity index (χ2n) is 3.77. The van der Waals surface area contributed by atoms with Crippen LogP contribution in [0.5, 0.6) is 11.5 Å². The fourth-order valence-corrected chi connectivity index (χ4v) is 1.98. The van der Waals surface area contributed by atoms with Gasteiger partial charge >= 0.3 is 0 Å². The van der Waals surface area contributed by atoms with E-state index in [1.807, 2.05) is 12.1 Å². The Morgan fingerprint density at radius 2 is 1.94 bits per heavy atom. The molecule has 0 unspecified atom stereocenters. The molecule has 1 N–H and O–H groups in total. The van der Waals surface area contributed by atoms with Crippen LogP contribution in [0.15, 0.2) is 12.1 Å². The highest BCUT2D eigenvalue weighted by Gasteiger charge is 2.12. The lowest BCUT2D eigenvalue weighted by atomic mass is 10.1. The maximum absolute atomic E-state index is 6.27. The van der Waals surface area contributed by atoms with E-state index in [2.05, 4.69) is 12.2 Å². The van der Waals surface area contributed by atoms with Gasteiger partial charge in [0.15, 0.2) is 11.5 Å². The summed E-state index contributed by atoms with van der Waals surface area (Å²) in [6, 6.07) is 3.87. The Balaban J connectivity index is 2.73. The molecular formula is C13H20ClNO2. The summed E-state index contributed by atoms with van der Waals surface area (Å²) in [6.45, 7) is 4.10. The maximum atomic E-state index is 6.27. The van der Waals surface area contributed by atoms with Gasteiger partial charge in [-0.3, -0.25) is 0 Å². The van der Waals surface area contributed by atoms with Crippen molar-refractivity contribution in [1.29, 1.82) is 0 Å². The molecule has 0 spiro atoms. The molecule has 0 aromatic heterocycles. The van der Waals surface area contributed by atoms with E-state index in [9.17, 15) is 0 Å². The fourth-order valence-electron chi connectivity index (χ4n) is 1.65. The molecule has 3 nitrogen and oxygen atoms in total. The quantitative estimate of drug-likeness (QED) is 0.762. The minimum atomic E-state index is 0.613. The standard InChI is InChI=1S/C13H20ClNO2/c1-4-8-15-9-7-10-5-6-11(16-2)13(17-3)12(10)14/h5-6,15H,4,7-9H2,1-3H3. The largest absolute Gasteiger partial charge is 0.493 e. The van der Waals surface area contributed by atoms with Crippen LogP contribution in [0, 0.1) is 0 Å². The van der Waals surface area contributed by atoms with Gasteiger partial charge in [-0.05, 0) is 37.6 Å². The van der Waals surface area contributed by atoms with Gasteiger partial charge in [0.05, 0.1) is 19.2 Å². The van der Waals surface area contributed by atoms with Gasteiger partial charge in [0.1, 0.15) is 0 Å². The molecular weight excluding hydrogens is 238 g/mol. The van der Waals surface area contributed by atoms with Crippen LogP contribution in [0.4, 0.5) is 0 Å². The van der Waals surface area contributed by atoms with Gasteiger partial charge in [-0.1, -0.05) is 24.6 Å². The highest BCUT2D eigenvalue weighted by molar-refractivity contribution is 6.33. The highest BCUT2D eigenvalue weighted by Crippen LogP contribution is 2.37. The predicted molar refractivity (Wildman–Crippen MR) is 71.4 cm³/mol. The van der Waals surface area contributed by atoms with Crippen LogP contribution in [0.2, 0.25) is 5.02 Å². The fraction of sp³-hybridized carbons (Fsp3) is 0.538. The van der Waals surface area contributed by atoms with Gasteiger partial charge < -0.3 is 14.8 Å². The molecule has 0 aliphatic rings. The summed E-state index contributed by atoms with van der Waals surface area (Å²) in [5, 5.41) is 3.99. The Labute approximate surface area is 108 Å². The highest BCUT2D eigenvalue weighted by atomic mass is 35.5. The third kappa shape index (κ3) is 3.79. The summed E-state index contributed by atoms with van der Waals surface area (Å²) in [5.41, 5.74) is 1.08. The molecule has 0 heterocycles. The molecule has 0 aliphatic carbocycles. The van der Waals surface area contributed by atoms with Gasteiger partial charge in [-0.2, -0.15) is 0 Å². The molecule has 0 radical (unpaired) electrons. The normalized spacial score (nSPS) is 10.4. The molecule has 0 saturated carbocycles. The SMILES string of the molecule is CCCNCCc1ccc(OC)c(OC)c1Cl. The van der Waals surface area contributed by atoms with Crippen molar-refractivity contribution in [2.24, 2.45) is 0 Å². The minimum absolute atomic E-state index is 0.613. The molecule has 1 aromatic rings. The number of methoxy groups -OCH3 is 2. The van der Waals surface area contributed by atoms with Crippen LogP contribution in [-0.2, 0) is 6.42 Å². The average Bonchev–Trinajstić information content (AvgIpc) is 2.35. The van der Waals surface area contributed by atoms with E-state index in [1.165, 1.54) is 0 Å². The van der Waals surface area contributed by atoms with E-state index < -0.39 is 0 Å². The van der Waals surface area contributed by atoms with Gasteiger partial charge in [0.2, 0.25) is 0 Å². The molecule has 1 rings (SSSR count). The molecule has 0 aliphatic heterocycles. The van der Waals surface area contributed by atoms with E-state index in [1.54, 1.807) is 14.2 Å². The summed E-state index contributed by atoms with van der Waals surface area (Å²) in [6.07, 6.45) is 2.03. The zero-order chi connectivity index (χ0) is 12.7. The average molecular weight is 258 g/mol. The third-order valence-electron chi connectivity index (χ3n) is 2.56. The number of halogens is 1. The first-order valence-electron chi connectivity index (χ1n) is 5.84. The topological polar surface area (TPSA) is 30.5 Å². The molecule has 1 aromatic carbocycles. The van der Waals surface area contributed by atoms with Crippen LogP contribution in [0.1, 0.15) is 18.9 Å². The van der Waals surface area contributed by atoms with Gasteiger partial charge in [0, 0.05) is 0 Å². The van der Waals surface area contributed by atoms with E-state index in [-0.39, 0.29) is 0 Å². The molecule has 0 saturated heterocycles. The molecule has 17 heavy (non-hydrogen) atoms. The second-order valence-corrected chi connectivity index (χ2v) is 4.15. The zero-order valence-electron chi connectivity index (χ0n) is 10.7. The van der Waals surface area contributed by atoms with E-state index in [0.29, 0.717) is 16.5 Å². The van der Waals surface area contributed by atoms with Crippen LogP contribution < -0.4 is 14.8 Å². The molecule has 0 fully saturated rings. The third-order valence-corrected chi connectivity index (χ3v) is 2.98. The summed E-state index contributed by atoms with van der Waals surface area (Å²) in [4.78, 5) is 0. The maximum Gasteiger partial charge on any atom is 0.179 e. The van der Waals surface area contributed by atoms with Gasteiger partial charge in [-0.25, -0.2) is 0 Å². The Hall–Kier alpha value is -0.930. The monoisotopic (exact) mass is 257 g/mol. The molecule has 0 amide bonds. The number of rotatable bonds is 7. The van der Waals surface area contributed by atoms with Crippen molar-refractivity contribution in [2.75, 3.05) is 27.3 Å². The van der Waals surface area contributed by atoms with Crippen LogP contribution in [-0.4, -0.2) is 27.3 Å². The number of hydrogen-bond acceptors (Lipinski definition) is 3. The van der Waals surface area contributed by atoms with Crippen molar-refractivity contribution in [1.82, 2.24) is 5.32 Å². The molecule has 4 heteroatoms. The van der Waals surface area contributed by atoms with Crippen molar-refractivity contribution < 1.29 is 9.47 Å². The Morgan fingerprint density at radius 1 is 1.18 bits per heavy atom. The molecule has 0 atom stereocenters. The Bertz CT molecular complexity index is 356. The lowest BCUT2D eigenvalue weighted by Crippen LogP contribution is -2.18. The van der Waals surface area contributed by atoms with Crippen molar-refractivity contribution in [3.8, 4) is 11.5 Å². The van der Waals surface area contributed by atoms with Crippen molar-refractivity contribution >= 4 is 11.6 Å². The van der Waals surface area contributed by atoms with Crippen molar-refractivity contribution in [3.05, 3.63) is 22.7 Å². The smallest absolute Gasteiger partial charge is 0.179 e. The number of benzene rings is 1. The lowest BCUT2D eigenvalue weighted by molar-refractivity contribution is 0.354. The van der Waals surface area contributed by atoms with Crippen LogP contribution in [0.3, 0.4) is 0 Å². The number of ether oxygens (including phenoxy) is 2. The first-order chi connectivity index (χ1) is 8.24. The molecule has 96 valence electrons. The first-order valence-corrected chi connectivity index (χ1v) is 6.22. The summed E-state index contributed by atoms with van der Waals surface area (Å²) in [5.74, 6) is 1.28. The Kier molecular flexibility index (Phi) is 6.16. The zero-order valence-corrected chi connectivity index (χ0v) is 11.4. The summed E-state index contributed by atoms with van der Waals surface area (Å²) < 4.78 is 10.4. The Morgan fingerprint density at radius 3 is 2.53 bits per heavy atom. The second kappa shape index (κ2) is 7.41. The number of nitrogens with one attached hydrogen (secondary N) is 1. The van der Waals surface area contributed by atoms with Crippen molar-refractivity contribution in [3.63, 3.8) is 0 Å².